The fraction of sp³-hybridized carbons (Fsp3) is 0.743. The van der Waals surface area contributed by atoms with Gasteiger partial charge in [-0.3, -0.25) is 4.79 Å². The molecule has 1 aromatic carbocycles. The van der Waals surface area contributed by atoms with Gasteiger partial charge in [0.25, 0.3) is 0 Å². The molecule has 0 aromatic heterocycles. The quantitative estimate of drug-likeness (QED) is 0.145. The number of hydrogen-bond donors (Lipinski definition) is 4. The van der Waals surface area contributed by atoms with Gasteiger partial charge >= 0.3 is 0 Å². The molecule has 5 atom stereocenters. The molecular weight excluding hydrogens is 528 g/mol. The van der Waals surface area contributed by atoms with Gasteiger partial charge < -0.3 is 30.3 Å². The van der Waals surface area contributed by atoms with Crippen molar-refractivity contribution in [3.63, 3.8) is 0 Å². The van der Waals surface area contributed by atoms with Crippen LogP contribution in [0.15, 0.2) is 24.3 Å². The van der Waals surface area contributed by atoms with Crippen molar-refractivity contribution in [3.8, 4) is 11.5 Å². The summed E-state index contributed by atoms with van der Waals surface area (Å²) in [5.41, 5.74) is 2.29. The summed E-state index contributed by atoms with van der Waals surface area (Å²) in [4.78, 5) is 13.7. The fourth-order valence-corrected chi connectivity index (χ4v) is 7.83. The zero-order chi connectivity index (χ0) is 30.0. The Bertz CT molecular complexity index is 1030. The number of aromatic hydroxyl groups is 1. The Morgan fingerprint density at radius 1 is 1.00 bits per heavy atom. The summed E-state index contributed by atoms with van der Waals surface area (Å²) in [6, 6.07) is 4.23. The summed E-state index contributed by atoms with van der Waals surface area (Å²) >= 11 is 0. The normalized spacial score (nSPS) is 26.7. The highest BCUT2D eigenvalue weighted by Crippen LogP contribution is 2.62. The molecule has 7 heteroatoms. The van der Waals surface area contributed by atoms with E-state index < -0.39 is 6.10 Å². The number of phenols is 1. The molecule has 0 saturated carbocycles. The SMILES string of the molecule is CCCCCCCCCCCCCCCC(=O)NCCO.CN1CC[C@]23c4c5ccc(O)c4O[C@H]2[C@@H](O)C=C[C@H]3[C@H]1C5. The average molecular weight is 585 g/mol. The van der Waals surface area contributed by atoms with Crippen molar-refractivity contribution in [2.45, 2.75) is 133 Å². The van der Waals surface area contributed by atoms with Gasteiger partial charge in [0.2, 0.25) is 5.91 Å². The molecule has 7 nitrogen and oxygen atoms in total. The Labute approximate surface area is 253 Å². The number of nitrogens with one attached hydrogen (secondary N) is 1. The van der Waals surface area contributed by atoms with E-state index in [1.54, 1.807) is 6.07 Å². The number of likely N-dealkylation sites (tertiary alicyclic amines) is 1. The van der Waals surface area contributed by atoms with Crippen LogP contribution in [0.1, 0.15) is 114 Å². The topological polar surface area (TPSA) is 102 Å². The van der Waals surface area contributed by atoms with Gasteiger partial charge in [-0.15, -0.1) is 0 Å². The van der Waals surface area contributed by atoms with Crippen molar-refractivity contribution in [3.05, 3.63) is 35.4 Å². The van der Waals surface area contributed by atoms with Crippen molar-refractivity contribution < 1.29 is 24.9 Å². The summed E-state index contributed by atoms with van der Waals surface area (Å²) in [6.45, 7) is 3.69. The molecule has 0 radical (unpaired) electrons. The molecule has 42 heavy (non-hydrogen) atoms. The molecule has 5 rings (SSSR count). The number of likely N-dealkylation sites (N-methyl/N-ethyl adjacent to an activating group) is 1. The van der Waals surface area contributed by atoms with Crippen LogP contribution < -0.4 is 10.1 Å². The molecule has 1 spiro atoms. The zero-order valence-electron chi connectivity index (χ0n) is 26.2. The molecule has 4 aliphatic rings. The van der Waals surface area contributed by atoms with E-state index in [4.69, 9.17) is 9.84 Å². The molecule has 0 unspecified atom stereocenters. The molecule has 236 valence electrons. The molecule has 2 heterocycles. The molecule has 1 fully saturated rings. The van der Waals surface area contributed by atoms with Gasteiger partial charge in [0.15, 0.2) is 11.5 Å². The zero-order valence-corrected chi connectivity index (χ0v) is 26.2. The minimum Gasteiger partial charge on any atom is -0.504 e. The van der Waals surface area contributed by atoms with Gasteiger partial charge in [-0.25, -0.2) is 0 Å². The highest BCUT2D eigenvalue weighted by atomic mass is 16.5. The van der Waals surface area contributed by atoms with Crippen molar-refractivity contribution in [1.29, 1.82) is 0 Å². The van der Waals surface area contributed by atoms with Crippen molar-refractivity contribution in [2.75, 3.05) is 26.7 Å². The van der Waals surface area contributed by atoms with E-state index in [0.717, 1.165) is 32.2 Å². The van der Waals surface area contributed by atoms with Crippen LogP contribution >= 0.6 is 0 Å². The smallest absolute Gasteiger partial charge is 0.220 e. The summed E-state index contributed by atoms with van der Waals surface area (Å²) < 4.78 is 6.09. The summed E-state index contributed by atoms with van der Waals surface area (Å²) in [7, 11) is 2.19. The van der Waals surface area contributed by atoms with Crippen molar-refractivity contribution in [1.82, 2.24) is 10.2 Å². The maximum Gasteiger partial charge on any atom is 0.220 e. The number of phenolic OH excluding ortho intramolecular Hbond substituents is 1. The molecular formula is C35H56N2O5. The van der Waals surface area contributed by atoms with E-state index in [1.807, 2.05) is 12.1 Å². The third-order valence-corrected chi connectivity index (χ3v) is 10.1. The number of rotatable bonds is 16. The van der Waals surface area contributed by atoms with Crippen molar-refractivity contribution >= 4 is 5.91 Å². The number of amides is 1. The van der Waals surface area contributed by atoms with E-state index in [1.165, 1.54) is 81.8 Å². The minimum absolute atomic E-state index is 0.0321. The van der Waals surface area contributed by atoms with Gasteiger partial charge in [-0.05, 0) is 44.5 Å². The van der Waals surface area contributed by atoms with E-state index >= 15 is 0 Å². The highest BCUT2D eigenvalue weighted by molar-refractivity contribution is 5.75. The molecule has 2 aliphatic heterocycles. The number of piperidine rings is 1. The highest BCUT2D eigenvalue weighted by Gasteiger charge is 2.64. The predicted octanol–water partition coefficient (Wildman–Crippen LogP) is 5.77. The van der Waals surface area contributed by atoms with E-state index in [2.05, 4.69) is 30.3 Å². The number of aliphatic hydroxyl groups excluding tert-OH is 2. The number of carbonyl (C=O) groups is 1. The second-order valence-electron chi connectivity index (χ2n) is 13.0. The van der Waals surface area contributed by atoms with Gasteiger partial charge in [0.05, 0.1) is 6.61 Å². The number of benzene rings is 1. The Balaban J connectivity index is 0.000000193. The molecule has 1 aromatic rings. The van der Waals surface area contributed by atoms with E-state index in [9.17, 15) is 15.0 Å². The lowest BCUT2D eigenvalue weighted by Gasteiger charge is -2.56. The Kier molecular flexibility index (Phi) is 12.6. The predicted molar refractivity (Wildman–Crippen MR) is 168 cm³/mol. The molecule has 2 bridgehead atoms. The first-order valence-corrected chi connectivity index (χ1v) is 16.9. The second kappa shape index (κ2) is 16.1. The van der Waals surface area contributed by atoms with Crippen LogP contribution in [0.25, 0.3) is 0 Å². The lowest BCUT2D eigenvalue weighted by atomic mass is 9.53. The molecule has 2 aliphatic carbocycles. The third kappa shape index (κ3) is 7.51. The average Bonchev–Trinajstić information content (AvgIpc) is 3.35. The largest absolute Gasteiger partial charge is 0.504 e. The number of unbranched alkanes of at least 4 members (excludes halogenated alkanes) is 12. The molecule has 1 amide bonds. The van der Waals surface area contributed by atoms with Crippen LogP contribution in [0.3, 0.4) is 0 Å². The van der Waals surface area contributed by atoms with Crippen LogP contribution in [-0.2, 0) is 16.6 Å². The first kappa shape index (κ1) is 32.8. The number of hydrogen-bond acceptors (Lipinski definition) is 6. The Morgan fingerprint density at radius 3 is 2.29 bits per heavy atom. The minimum atomic E-state index is -0.594. The number of carbonyl (C=O) groups excluding carboxylic acids is 1. The molecule has 1 saturated heterocycles. The summed E-state index contributed by atoms with van der Waals surface area (Å²) in [5, 5.41) is 31.9. The Morgan fingerprint density at radius 2 is 1.64 bits per heavy atom. The van der Waals surface area contributed by atoms with E-state index in [-0.39, 0.29) is 29.8 Å². The van der Waals surface area contributed by atoms with Crippen LogP contribution in [0.4, 0.5) is 0 Å². The van der Waals surface area contributed by atoms with Crippen LogP contribution in [-0.4, -0.2) is 71.1 Å². The van der Waals surface area contributed by atoms with Crippen LogP contribution in [0.5, 0.6) is 11.5 Å². The maximum atomic E-state index is 11.3. The van der Waals surface area contributed by atoms with Gasteiger partial charge in [0, 0.05) is 35.9 Å². The van der Waals surface area contributed by atoms with Crippen LogP contribution in [0, 0.1) is 5.92 Å². The molecule has 4 N–H and O–H groups in total. The number of nitrogens with zero attached hydrogens (tertiary/aromatic N) is 1. The van der Waals surface area contributed by atoms with Gasteiger partial charge in [-0.1, -0.05) is 102 Å². The Hall–Kier alpha value is -2.09. The lowest BCUT2D eigenvalue weighted by molar-refractivity contribution is -0.121. The third-order valence-electron chi connectivity index (χ3n) is 10.1. The fourth-order valence-electron chi connectivity index (χ4n) is 7.83. The maximum absolute atomic E-state index is 11.3. The van der Waals surface area contributed by atoms with Gasteiger partial charge in [-0.2, -0.15) is 0 Å². The van der Waals surface area contributed by atoms with Crippen LogP contribution in [0.2, 0.25) is 0 Å². The number of aliphatic hydroxyl groups is 2. The van der Waals surface area contributed by atoms with Crippen molar-refractivity contribution in [2.24, 2.45) is 5.92 Å². The summed E-state index contributed by atoms with van der Waals surface area (Å²) in [5.74, 6) is 1.27. The van der Waals surface area contributed by atoms with E-state index in [0.29, 0.717) is 30.7 Å². The lowest BCUT2D eigenvalue weighted by Crippen LogP contribution is -2.64. The first-order valence-electron chi connectivity index (χ1n) is 16.9. The standard InChI is InChI=1S/C18H37NO2.C17H19NO3/c1-2-3-4-5-6-7-8-9-10-11-12-13-14-15-18(21)19-16-17-20;1-18-7-6-17-10-3-5-13(20)16(17)21-15-12(19)4-2-9(14(15)17)8-11(10)18/h20H,2-17H2,1H3,(H,19,21);2-5,10-11,13,16,19-20H,6-8H2,1H3/t;10-,11+,13-,16-,17-/m.0/s1. The van der Waals surface area contributed by atoms with Gasteiger partial charge in [0.1, 0.15) is 12.2 Å². The summed E-state index contributed by atoms with van der Waals surface area (Å²) in [6.07, 6.45) is 23.0. The first-order chi connectivity index (χ1) is 20.4. The second-order valence-corrected chi connectivity index (χ2v) is 13.0. The number of ether oxygens (including phenoxy) is 1. The monoisotopic (exact) mass is 584 g/mol.